The van der Waals surface area contributed by atoms with Gasteiger partial charge in [0.1, 0.15) is 5.56 Å². The van der Waals surface area contributed by atoms with Crippen LogP contribution < -0.4 is 4.90 Å². The summed E-state index contributed by atoms with van der Waals surface area (Å²) < 4.78 is 4.69. The van der Waals surface area contributed by atoms with E-state index in [0.29, 0.717) is 11.7 Å². The van der Waals surface area contributed by atoms with Crippen LogP contribution in [-0.2, 0) is 9.53 Å². The molecule has 1 N–H and O–H groups in total. The lowest BCUT2D eigenvalue weighted by molar-refractivity contribution is -0.117. The lowest BCUT2D eigenvalue weighted by atomic mass is 10.1. The highest BCUT2D eigenvalue weighted by Gasteiger charge is 2.34. The minimum absolute atomic E-state index is 0.0731. The Bertz CT molecular complexity index is 537. The number of thioether (sulfide) groups is 1. The molecule has 1 amide bonds. The van der Waals surface area contributed by atoms with Crippen molar-refractivity contribution in [2.75, 3.05) is 31.4 Å². The predicted molar refractivity (Wildman–Crippen MR) is 72.7 cm³/mol. The zero-order valence-electron chi connectivity index (χ0n) is 11.2. The number of nitrogens with zero attached hydrogens (tertiary/aromatic N) is 3. The first-order valence-corrected chi connectivity index (χ1v) is 7.23. The van der Waals surface area contributed by atoms with Gasteiger partial charge >= 0.3 is 5.97 Å². The van der Waals surface area contributed by atoms with Crippen molar-refractivity contribution >= 4 is 29.5 Å². The van der Waals surface area contributed by atoms with Gasteiger partial charge in [0.25, 0.3) is 0 Å². The highest BCUT2D eigenvalue weighted by atomic mass is 32.2. The fourth-order valence-corrected chi connectivity index (χ4v) is 2.36. The summed E-state index contributed by atoms with van der Waals surface area (Å²) in [7, 11) is 1.26. The van der Waals surface area contributed by atoms with E-state index < -0.39 is 5.97 Å². The minimum atomic E-state index is -0.590. The molecule has 8 heteroatoms. The second-order valence-electron chi connectivity index (χ2n) is 4.34. The van der Waals surface area contributed by atoms with Crippen LogP contribution in [0.3, 0.4) is 0 Å². The van der Waals surface area contributed by atoms with Crippen LogP contribution in [0.5, 0.6) is 0 Å². The van der Waals surface area contributed by atoms with Crippen molar-refractivity contribution in [3.8, 4) is 0 Å². The SMILES string of the molecule is COC(=O)c1cnc(SC)nc1N1CC(CO)CC1=O. The molecule has 1 aromatic rings. The fourth-order valence-electron chi connectivity index (χ4n) is 2.02. The minimum Gasteiger partial charge on any atom is -0.465 e. The van der Waals surface area contributed by atoms with E-state index in [1.807, 2.05) is 0 Å². The van der Waals surface area contributed by atoms with Crippen molar-refractivity contribution in [2.45, 2.75) is 11.6 Å². The number of ether oxygens (including phenoxy) is 1. The van der Waals surface area contributed by atoms with Gasteiger partial charge in [0.2, 0.25) is 5.91 Å². The van der Waals surface area contributed by atoms with Gasteiger partial charge in [-0.05, 0) is 6.26 Å². The number of aliphatic hydroxyl groups is 1. The number of hydrogen-bond acceptors (Lipinski definition) is 7. The lowest BCUT2D eigenvalue weighted by Crippen LogP contribution is -2.28. The first kappa shape index (κ1) is 14.7. The molecule has 1 saturated heterocycles. The molecule has 1 aromatic heterocycles. The summed E-state index contributed by atoms with van der Waals surface area (Å²) in [4.78, 5) is 33.4. The van der Waals surface area contributed by atoms with Gasteiger partial charge in [0.15, 0.2) is 11.0 Å². The van der Waals surface area contributed by atoms with Crippen molar-refractivity contribution < 1.29 is 19.4 Å². The number of rotatable bonds is 4. The quantitative estimate of drug-likeness (QED) is 0.486. The highest BCUT2D eigenvalue weighted by molar-refractivity contribution is 7.98. The monoisotopic (exact) mass is 297 g/mol. The molecule has 0 saturated carbocycles. The van der Waals surface area contributed by atoms with Crippen molar-refractivity contribution in [3.63, 3.8) is 0 Å². The number of carbonyl (C=O) groups excluding carboxylic acids is 2. The second kappa shape index (κ2) is 6.19. The van der Waals surface area contributed by atoms with Crippen LogP contribution in [0, 0.1) is 5.92 Å². The number of aromatic nitrogens is 2. The van der Waals surface area contributed by atoms with E-state index in [9.17, 15) is 9.59 Å². The molecular weight excluding hydrogens is 282 g/mol. The van der Waals surface area contributed by atoms with Gasteiger partial charge < -0.3 is 9.84 Å². The summed E-state index contributed by atoms with van der Waals surface area (Å²) in [6.45, 7) is 0.264. The van der Waals surface area contributed by atoms with E-state index in [1.54, 1.807) is 6.26 Å². The summed E-state index contributed by atoms with van der Waals surface area (Å²) in [5.41, 5.74) is 0.150. The number of anilines is 1. The molecule has 1 atom stereocenters. The van der Waals surface area contributed by atoms with E-state index in [1.165, 1.54) is 30.0 Å². The van der Waals surface area contributed by atoms with Crippen molar-refractivity contribution in [3.05, 3.63) is 11.8 Å². The molecule has 0 aromatic carbocycles. The predicted octanol–water partition coefficient (Wildman–Crippen LogP) is 0.330. The Morgan fingerprint density at radius 1 is 1.65 bits per heavy atom. The van der Waals surface area contributed by atoms with Crippen LogP contribution in [0.15, 0.2) is 11.4 Å². The largest absolute Gasteiger partial charge is 0.465 e. The van der Waals surface area contributed by atoms with Gasteiger partial charge in [-0.2, -0.15) is 0 Å². The summed E-state index contributed by atoms with van der Waals surface area (Å²) in [5, 5.41) is 9.63. The van der Waals surface area contributed by atoms with Crippen LogP contribution in [0.1, 0.15) is 16.8 Å². The smallest absolute Gasteiger partial charge is 0.343 e. The maximum atomic E-state index is 12.0. The van der Waals surface area contributed by atoms with Crippen LogP contribution in [0.4, 0.5) is 5.82 Å². The molecule has 2 heterocycles. The molecule has 1 unspecified atom stereocenters. The molecule has 20 heavy (non-hydrogen) atoms. The third-order valence-corrected chi connectivity index (χ3v) is 3.62. The van der Waals surface area contributed by atoms with Crippen molar-refractivity contribution in [2.24, 2.45) is 5.92 Å². The molecule has 7 nitrogen and oxygen atoms in total. The molecule has 108 valence electrons. The van der Waals surface area contributed by atoms with Crippen LogP contribution in [0.2, 0.25) is 0 Å². The highest BCUT2D eigenvalue weighted by Crippen LogP contribution is 2.27. The topological polar surface area (TPSA) is 92.6 Å². The Hall–Kier alpha value is -1.67. The van der Waals surface area contributed by atoms with Gasteiger partial charge in [-0.1, -0.05) is 11.8 Å². The van der Waals surface area contributed by atoms with Crippen LogP contribution in [0.25, 0.3) is 0 Å². The Morgan fingerprint density at radius 3 is 2.95 bits per heavy atom. The first-order chi connectivity index (χ1) is 9.60. The summed E-state index contributed by atoms with van der Waals surface area (Å²) in [6, 6.07) is 0. The number of hydrogen-bond donors (Lipinski definition) is 1. The van der Waals surface area contributed by atoms with E-state index in [4.69, 9.17) is 5.11 Å². The number of amides is 1. The molecule has 0 spiro atoms. The fraction of sp³-hybridized carbons (Fsp3) is 0.500. The summed E-state index contributed by atoms with van der Waals surface area (Å²) in [5.74, 6) is -0.648. The first-order valence-electron chi connectivity index (χ1n) is 6.01. The molecule has 1 aliphatic heterocycles. The second-order valence-corrected chi connectivity index (χ2v) is 5.12. The standard InChI is InChI=1S/C12H15N3O4S/c1-19-11(18)8-4-13-12(20-2)14-10(8)15-5-7(6-16)3-9(15)17/h4,7,16H,3,5-6H2,1-2H3. The van der Waals surface area contributed by atoms with E-state index in [-0.39, 0.29) is 36.2 Å². The molecule has 1 fully saturated rings. The number of methoxy groups -OCH3 is 1. The molecule has 0 bridgehead atoms. The molecule has 0 radical (unpaired) electrons. The normalized spacial score (nSPS) is 18.4. The van der Waals surface area contributed by atoms with E-state index in [2.05, 4.69) is 14.7 Å². The van der Waals surface area contributed by atoms with Gasteiger partial charge in [-0.15, -0.1) is 0 Å². The van der Waals surface area contributed by atoms with Crippen LogP contribution >= 0.6 is 11.8 Å². The Labute approximate surface area is 120 Å². The number of aliphatic hydroxyl groups excluding tert-OH is 1. The zero-order chi connectivity index (χ0) is 14.7. The van der Waals surface area contributed by atoms with Crippen molar-refractivity contribution in [1.82, 2.24) is 9.97 Å². The van der Waals surface area contributed by atoms with Gasteiger partial charge in [0.05, 0.1) is 7.11 Å². The maximum Gasteiger partial charge on any atom is 0.343 e. The maximum absolute atomic E-state index is 12.0. The van der Waals surface area contributed by atoms with Gasteiger partial charge in [0, 0.05) is 31.7 Å². The van der Waals surface area contributed by atoms with Crippen molar-refractivity contribution in [1.29, 1.82) is 0 Å². The summed E-state index contributed by atoms with van der Waals surface area (Å²) >= 11 is 1.32. The molecule has 0 aliphatic carbocycles. The Balaban J connectivity index is 2.42. The number of esters is 1. The van der Waals surface area contributed by atoms with Crippen LogP contribution in [-0.4, -0.2) is 53.5 Å². The molecule has 1 aliphatic rings. The Morgan fingerprint density at radius 2 is 2.40 bits per heavy atom. The average molecular weight is 297 g/mol. The zero-order valence-corrected chi connectivity index (χ0v) is 12.0. The van der Waals surface area contributed by atoms with E-state index in [0.717, 1.165) is 0 Å². The number of carbonyl (C=O) groups is 2. The third kappa shape index (κ3) is 2.75. The van der Waals surface area contributed by atoms with Gasteiger partial charge in [-0.25, -0.2) is 14.8 Å². The summed E-state index contributed by atoms with van der Waals surface area (Å²) in [6.07, 6.45) is 3.41. The third-order valence-electron chi connectivity index (χ3n) is 3.05. The lowest BCUT2D eigenvalue weighted by Gasteiger charge is -2.18. The average Bonchev–Trinajstić information content (AvgIpc) is 2.86. The van der Waals surface area contributed by atoms with E-state index >= 15 is 0 Å². The molecular formula is C12H15N3O4S. The Kier molecular flexibility index (Phi) is 4.56. The van der Waals surface area contributed by atoms with Gasteiger partial charge in [-0.3, -0.25) is 9.69 Å². The molecule has 2 rings (SSSR count).